The molecule has 0 saturated carbocycles. The van der Waals surface area contributed by atoms with Gasteiger partial charge in [0, 0.05) is 26.2 Å². The van der Waals surface area contributed by atoms with Gasteiger partial charge in [0.05, 0.1) is 5.92 Å². The van der Waals surface area contributed by atoms with Gasteiger partial charge in [-0.15, -0.1) is 0 Å². The normalized spacial score (nSPS) is 32.0. The monoisotopic (exact) mass is 295 g/mol. The van der Waals surface area contributed by atoms with E-state index in [9.17, 15) is 4.79 Å². The maximum absolute atomic E-state index is 12.1. The summed E-state index contributed by atoms with van der Waals surface area (Å²) in [6.07, 6.45) is 4.64. The number of piperidine rings is 2. The van der Waals surface area contributed by atoms with Gasteiger partial charge in [-0.25, -0.2) is 0 Å². The van der Waals surface area contributed by atoms with Crippen molar-refractivity contribution in [2.24, 2.45) is 17.8 Å². The lowest BCUT2D eigenvalue weighted by Crippen LogP contribution is -2.43. The molecule has 2 heterocycles. The van der Waals surface area contributed by atoms with Gasteiger partial charge >= 0.3 is 0 Å². The fourth-order valence-electron chi connectivity index (χ4n) is 4.01. The molecule has 122 valence electrons. The van der Waals surface area contributed by atoms with E-state index in [0.717, 1.165) is 57.3 Å². The highest BCUT2D eigenvalue weighted by molar-refractivity contribution is 5.78. The fraction of sp³-hybridized carbons (Fsp3) is 0.941. The molecule has 0 aromatic rings. The Morgan fingerprint density at radius 2 is 1.90 bits per heavy atom. The average Bonchev–Trinajstić information content (AvgIpc) is 2.42. The van der Waals surface area contributed by atoms with Gasteiger partial charge in [0.25, 0.3) is 0 Å². The van der Waals surface area contributed by atoms with Gasteiger partial charge < -0.3 is 15.1 Å². The zero-order valence-corrected chi connectivity index (χ0v) is 14.1. The molecule has 4 nitrogen and oxygen atoms in total. The van der Waals surface area contributed by atoms with Crippen molar-refractivity contribution in [1.82, 2.24) is 15.1 Å². The molecule has 2 rings (SSSR count). The molecule has 3 atom stereocenters. The molecule has 0 aliphatic carbocycles. The number of hydrogen-bond acceptors (Lipinski definition) is 3. The Morgan fingerprint density at radius 1 is 1.19 bits per heavy atom. The van der Waals surface area contributed by atoms with Gasteiger partial charge in [0.2, 0.25) is 5.91 Å². The summed E-state index contributed by atoms with van der Waals surface area (Å²) in [5.41, 5.74) is 0. The highest BCUT2D eigenvalue weighted by atomic mass is 16.1. The number of rotatable bonds is 5. The molecule has 2 aliphatic rings. The lowest BCUT2D eigenvalue weighted by Gasteiger charge is -2.35. The second-order valence-corrected chi connectivity index (χ2v) is 7.45. The smallest absolute Gasteiger partial charge is 0.224 e. The molecular weight excluding hydrogens is 262 g/mol. The van der Waals surface area contributed by atoms with Crippen LogP contribution in [-0.4, -0.2) is 62.0 Å². The van der Waals surface area contributed by atoms with Crippen LogP contribution < -0.4 is 5.32 Å². The van der Waals surface area contributed by atoms with Crippen molar-refractivity contribution in [2.75, 3.05) is 46.3 Å². The Morgan fingerprint density at radius 3 is 2.57 bits per heavy atom. The number of carbonyl (C=O) groups excluding carboxylic acids is 1. The molecule has 4 heteroatoms. The van der Waals surface area contributed by atoms with Crippen LogP contribution >= 0.6 is 0 Å². The van der Waals surface area contributed by atoms with Crippen molar-refractivity contribution < 1.29 is 4.79 Å². The number of amides is 1. The van der Waals surface area contributed by atoms with Gasteiger partial charge in [-0.3, -0.25) is 4.79 Å². The third-order valence-electron chi connectivity index (χ3n) is 4.89. The summed E-state index contributed by atoms with van der Waals surface area (Å²) >= 11 is 0. The topological polar surface area (TPSA) is 35.6 Å². The first-order valence-corrected chi connectivity index (χ1v) is 8.73. The Kier molecular flexibility index (Phi) is 6.49. The molecular formula is C17H33N3O. The summed E-state index contributed by atoms with van der Waals surface area (Å²) in [6.45, 7) is 11.2. The Hall–Kier alpha value is -0.610. The molecule has 0 radical (unpaired) electrons. The minimum atomic E-state index is 0.207. The highest BCUT2D eigenvalue weighted by Crippen LogP contribution is 2.20. The van der Waals surface area contributed by atoms with E-state index in [1.807, 2.05) is 0 Å². The fourth-order valence-corrected chi connectivity index (χ4v) is 4.01. The highest BCUT2D eigenvalue weighted by Gasteiger charge is 2.24. The van der Waals surface area contributed by atoms with Crippen molar-refractivity contribution in [2.45, 2.75) is 39.5 Å². The molecule has 1 amide bonds. The van der Waals surface area contributed by atoms with Gasteiger partial charge in [-0.05, 0) is 57.7 Å². The molecule has 2 aliphatic heterocycles. The standard InChI is InChI=1S/C17H33N3O/c1-14-10-15(2)12-20(11-14)9-5-7-18-17(21)16-6-4-8-19(3)13-16/h14-16H,4-13H2,1-3H3,(H,18,21)/t14-,15+,16-/m0/s1. The summed E-state index contributed by atoms with van der Waals surface area (Å²) in [4.78, 5) is 17.0. The van der Waals surface area contributed by atoms with Crippen LogP contribution in [0.3, 0.4) is 0 Å². The molecule has 1 N–H and O–H groups in total. The summed E-state index contributed by atoms with van der Waals surface area (Å²) in [5, 5.41) is 3.14. The molecule has 0 bridgehead atoms. The zero-order chi connectivity index (χ0) is 15.2. The minimum Gasteiger partial charge on any atom is -0.356 e. The quantitative estimate of drug-likeness (QED) is 0.786. The molecule has 21 heavy (non-hydrogen) atoms. The first kappa shape index (κ1) is 16.8. The summed E-state index contributed by atoms with van der Waals surface area (Å²) in [5.74, 6) is 2.11. The number of nitrogens with zero attached hydrogens (tertiary/aromatic N) is 2. The van der Waals surface area contributed by atoms with E-state index in [1.165, 1.54) is 19.5 Å². The first-order valence-electron chi connectivity index (χ1n) is 8.73. The van der Waals surface area contributed by atoms with Crippen LogP contribution in [0.5, 0.6) is 0 Å². The van der Waals surface area contributed by atoms with E-state index in [1.54, 1.807) is 0 Å². The van der Waals surface area contributed by atoms with Gasteiger partial charge in [0.15, 0.2) is 0 Å². The van der Waals surface area contributed by atoms with E-state index in [2.05, 4.69) is 36.0 Å². The van der Waals surface area contributed by atoms with Crippen LogP contribution in [0.1, 0.15) is 39.5 Å². The van der Waals surface area contributed by atoms with Crippen LogP contribution in [0.4, 0.5) is 0 Å². The van der Waals surface area contributed by atoms with Gasteiger partial charge in [0.1, 0.15) is 0 Å². The van der Waals surface area contributed by atoms with Crippen molar-refractivity contribution in [1.29, 1.82) is 0 Å². The summed E-state index contributed by atoms with van der Waals surface area (Å²) < 4.78 is 0. The Labute approximate surface area is 130 Å². The lowest BCUT2D eigenvalue weighted by molar-refractivity contribution is -0.126. The summed E-state index contributed by atoms with van der Waals surface area (Å²) in [6, 6.07) is 0. The van der Waals surface area contributed by atoms with E-state index in [4.69, 9.17) is 0 Å². The number of likely N-dealkylation sites (tertiary alicyclic amines) is 2. The first-order chi connectivity index (χ1) is 10.0. The van der Waals surface area contributed by atoms with Crippen molar-refractivity contribution >= 4 is 5.91 Å². The maximum Gasteiger partial charge on any atom is 0.224 e. The minimum absolute atomic E-state index is 0.207. The predicted octanol–water partition coefficient (Wildman–Crippen LogP) is 1.81. The number of hydrogen-bond donors (Lipinski definition) is 1. The third kappa shape index (κ3) is 5.59. The Bertz CT molecular complexity index is 324. The molecule has 0 unspecified atom stereocenters. The summed E-state index contributed by atoms with van der Waals surface area (Å²) in [7, 11) is 2.11. The zero-order valence-electron chi connectivity index (χ0n) is 14.1. The third-order valence-corrected chi connectivity index (χ3v) is 4.89. The van der Waals surface area contributed by atoms with Crippen molar-refractivity contribution in [3.8, 4) is 0 Å². The van der Waals surface area contributed by atoms with E-state index >= 15 is 0 Å². The van der Waals surface area contributed by atoms with E-state index in [0.29, 0.717) is 0 Å². The van der Waals surface area contributed by atoms with Gasteiger partial charge in [-0.2, -0.15) is 0 Å². The predicted molar refractivity (Wildman–Crippen MR) is 87.2 cm³/mol. The molecule has 2 saturated heterocycles. The SMILES string of the molecule is C[C@@H]1C[C@H](C)CN(CCCNC(=O)[C@H]2CCCN(C)C2)C1. The number of carbonyl (C=O) groups is 1. The maximum atomic E-state index is 12.1. The van der Waals surface area contributed by atoms with Crippen molar-refractivity contribution in [3.63, 3.8) is 0 Å². The van der Waals surface area contributed by atoms with Crippen molar-refractivity contribution in [3.05, 3.63) is 0 Å². The second kappa shape index (κ2) is 8.14. The molecule has 0 aromatic carbocycles. The number of nitrogens with one attached hydrogen (secondary N) is 1. The van der Waals surface area contributed by atoms with Crippen LogP contribution in [-0.2, 0) is 4.79 Å². The molecule has 0 spiro atoms. The van der Waals surface area contributed by atoms with Crippen LogP contribution in [0.25, 0.3) is 0 Å². The van der Waals surface area contributed by atoms with Gasteiger partial charge in [-0.1, -0.05) is 13.8 Å². The second-order valence-electron chi connectivity index (χ2n) is 7.45. The van der Waals surface area contributed by atoms with E-state index in [-0.39, 0.29) is 11.8 Å². The Balaban J connectivity index is 1.59. The van der Waals surface area contributed by atoms with Crippen LogP contribution in [0.15, 0.2) is 0 Å². The lowest BCUT2D eigenvalue weighted by atomic mass is 9.92. The van der Waals surface area contributed by atoms with Crippen LogP contribution in [0, 0.1) is 17.8 Å². The average molecular weight is 295 g/mol. The molecule has 0 aromatic heterocycles. The van der Waals surface area contributed by atoms with Crippen LogP contribution in [0.2, 0.25) is 0 Å². The molecule has 2 fully saturated rings. The van der Waals surface area contributed by atoms with E-state index < -0.39 is 0 Å². The largest absolute Gasteiger partial charge is 0.356 e.